The van der Waals surface area contributed by atoms with Gasteiger partial charge in [-0.25, -0.2) is 0 Å². The summed E-state index contributed by atoms with van der Waals surface area (Å²) in [6.07, 6.45) is 0. The van der Waals surface area contributed by atoms with Gasteiger partial charge in [-0.15, -0.1) is 0 Å². The number of rotatable bonds is 2. The van der Waals surface area contributed by atoms with E-state index in [-0.39, 0.29) is 0 Å². The molecule has 2 aromatic carbocycles. The van der Waals surface area contributed by atoms with E-state index in [1.54, 1.807) is 0 Å². The number of alkyl halides is 2. The first-order valence-electron chi connectivity index (χ1n) is 6.31. The van der Waals surface area contributed by atoms with Crippen molar-refractivity contribution >= 4 is 29.1 Å². The Balaban J connectivity index is 2.25. The number of nitriles is 1. The Hall–Kier alpha value is -2.02. The molecular formula is C16H10Cl2N2O. The summed E-state index contributed by atoms with van der Waals surface area (Å²) >= 11 is 11.2. The highest BCUT2D eigenvalue weighted by Crippen LogP contribution is 2.47. The van der Waals surface area contributed by atoms with Gasteiger partial charge in [0.1, 0.15) is 6.07 Å². The van der Waals surface area contributed by atoms with E-state index in [1.165, 1.54) is 0 Å². The standard InChI is InChI=1S/C16H10Cl2N2O/c17-14(18)15(21)20-16(9-19)12-7-3-1-5-10(12)11-6-2-4-8-13(11)16/h1-8,14H,(H,20,21). The predicted octanol–water partition coefficient (Wildman–Crippen LogP) is 3.35. The molecule has 0 unspecified atom stereocenters. The lowest BCUT2D eigenvalue weighted by Crippen LogP contribution is -2.46. The Morgan fingerprint density at radius 1 is 1.05 bits per heavy atom. The van der Waals surface area contributed by atoms with Gasteiger partial charge in [-0.1, -0.05) is 71.7 Å². The number of benzene rings is 2. The average molecular weight is 317 g/mol. The van der Waals surface area contributed by atoms with E-state index in [0.717, 1.165) is 22.3 Å². The van der Waals surface area contributed by atoms with Crippen molar-refractivity contribution in [2.45, 2.75) is 10.4 Å². The molecule has 0 aliphatic heterocycles. The van der Waals surface area contributed by atoms with Crippen molar-refractivity contribution in [3.63, 3.8) is 0 Å². The van der Waals surface area contributed by atoms with Gasteiger partial charge in [0.05, 0.1) is 0 Å². The number of fused-ring (bicyclic) bond motifs is 3. The van der Waals surface area contributed by atoms with E-state index in [9.17, 15) is 10.1 Å². The van der Waals surface area contributed by atoms with Crippen LogP contribution in [-0.4, -0.2) is 10.7 Å². The van der Waals surface area contributed by atoms with Crippen molar-refractivity contribution in [3.8, 4) is 17.2 Å². The van der Waals surface area contributed by atoms with Gasteiger partial charge >= 0.3 is 0 Å². The summed E-state index contributed by atoms with van der Waals surface area (Å²) in [7, 11) is 0. The topological polar surface area (TPSA) is 52.9 Å². The number of halogens is 2. The zero-order chi connectivity index (χ0) is 15.0. The SMILES string of the molecule is N#CC1(NC(=O)C(Cl)Cl)c2ccccc2-c2ccccc21. The lowest BCUT2D eigenvalue weighted by Gasteiger charge is -2.25. The second kappa shape index (κ2) is 5.07. The fourth-order valence-electron chi connectivity index (χ4n) is 2.76. The molecule has 1 aliphatic rings. The maximum atomic E-state index is 12.0. The lowest BCUT2D eigenvalue weighted by atomic mass is 9.89. The van der Waals surface area contributed by atoms with Crippen molar-refractivity contribution in [1.29, 1.82) is 5.26 Å². The first-order valence-corrected chi connectivity index (χ1v) is 7.18. The van der Waals surface area contributed by atoms with Crippen LogP contribution < -0.4 is 5.32 Å². The maximum Gasteiger partial charge on any atom is 0.255 e. The number of nitrogens with one attached hydrogen (secondary N) is 1. The molecule has 1 N–H and O–H groups in total. The zero-order valence-corrected chi connectivity index (χ0v) is 12.3. The minimum atomic E-state index is -1.26. The van der Waals surface area contributed by atoms with E-state index >= 15 is 0 Å². The van der Waals surface area contributed by atoms with Crippen LogP contribution in [0.15, 0.2) is 48.5 Å². The van der Waals surface area contributed by atoms with Crippen molar-refractivity contribution in [2.24, 2.45) is 0 Å². The first kappa shape index (κ1) is 13.9. The minimum Gasteiger partial charge on any atom is -0.328 e. The first-order chi connectivity index (χ1) is 10.1. The van der Waals surface area contributed by atoms with Crippen molar-refractivity contribution in [2.75, 3.05) is 0 Å². The monoisotopic (exact) mass is 316 g/mol. The van der Waals surface area contributed by atoms with Crippen molar-refractivity contribution < 1.29 is 4.79 Å². The van der Waals surface area contributed by atoms with Crippen LogP contribution in [0.2, 0.25) is 0 Å². The summed E-state index contributed by atoms with van der Waals surface area (Å²) in [6, 6.07) is 17.2. The Morgan fingerprint density at radius 3 is 1.95 bits per heavy atom. The molecule has 0 bridgehead atoms. The van der Waals surface area contributed by atoms with Gasteiger partial charge < -0.3 is 5.32 Å². The highest BCUT2D eigenvalue weighted by molar-refractivity contribution is 6.53. The fraction of sp³-hybridized carbons (Fsp3) is 0.125. The summed E-state index contributed by atoms with van der Waals surface area (Å²) in [5.74, 6) is -0.591. The van der Waals surface area contributed by atoms with Crippen LogP contribution in [0.25, 0.3) is 11.1 Å². The molecule has 3 nitrogen and oxygen atoms in total. The third-order valence-corrected chi connectivity index (χ3v) is 4.03. The van der Waals surface area contributed by atoms with Gasteiger partial charge in [-0.2, -0.15) is 5.26 Å². The molecule has 0 radical (unpaired) electrons. The summed E-state index contributed by atoms with van der Waals surface area (Å²) in [5.41, 5.74) is 2.06. The smallest absolute Gasteiger partial charge is 0.255 e. The Bertz CT molecular complexity index is 719. The molecule has 0 saturated heterocycles. The van der Waals surface area contributed by atoms with Crippen LogP contribution in [-0.2, 0) is 10.3 Å². The number of nitrogens with zero attached hydrogens (tertiary/aromatic N) is 1. The molecular weight excluding hydrogens is 307 g/mol. The molecule has 5 heteroatoms. The Labute approximate surface area is 132 Å². The van der Waals surface area contributed by atoms with Gasteiger partial charge in [0, 0.05) is 11.1 Å². The summed E-state index contributed by atoms with van der Waals surface area (Å²) in [5, 5.41) is 12.5. The quantitative estimate of drug-likeness (QED) is 0.864. The third-order valence-electron chi connectivity index (χ3n) is 3.63. The van der Waals surface area contributed by atoms with Crippen molar-refractivity contribution in [1.82, 2.24) is 5.32 Å². The maximum absolute atomic E-state index is 12.0. The van der Waals surface area contributed by atoms with E-state index < -0.39 is 16.3 Å². The number of amides is 1. The van der Waals surface area contributed by atoms with E-state index in [1.807, 2.05) is 48.5 Å². The van der Waals surface area contributed by atoms with E-state index in [0.29, 0.717) is 0 Å². The normalized spacial score (nSPS) is 14.2. The molecule has 0 spiro atoms. The van der Waals surface area contributed by atoms with Crippen LogP contribution in [0, 0.1) is 11.3 Å². The van der Waals surface area contributed by atoms with E-state index in [2.05, 4.69) is 11.4 Å². The molecule has 1 aliphatic carbocycles. The second-order valence-electron chi connectivity index (χ2n) is 4.74. The van der Waals surface area contributed by atoms with Crippen LogP contribution >= 0.6 is 23.2 Å². The Kier molecular flexibility index (Phi) is 3.36. The third kappa shape index (κ3) is 1.99. The van der Waals surface area contributed by atoms with E-state index in [4.69, 9.17) is 23.2 Å². The average Bonchev–Trinajstić information content (AvgIpc) is 2.79. The van der Waals surface area contributed by atoms with Crippen LogP contribution in [0.4, 0.5) is 0 Å². The zero-order valence-electron chi connectivity index (χ0n) is 10.8. The molecule has 0 atom stereocenters. The molecule has 0 saturated carbocycles. The number of hydrogen-bond donors (Lipinski definition) is 1. The lowest BCUT2D eigenvalue weighted by molar-refractivity contribution is -0.120. The fourth-order valence-corrected chi connectivity index (χ4v) is 2.87. The molecule has 0 fully saturated rings. The summed E-state index contributed by atoms with van der Waals surface area (Å²) in [4.78, 5) is 10.7. The summed E-state index contributed by atoms with van der Waals surface area (Å²) < 4.78 is 0. The Morgan fingerprint density at radius 2 is 1.52 bits per heavy atom. The number of carbonyl (C=O) groups is 1. The number of hydrogen-bond acceptors (Lipinski definition) is 2. The number of carbonyl (C=O) groups excluding carboxylic acids is 1. The van der Waals surface area contributed by atoms with Gasteiger partial charge in [0.25, 0.3) is 5.91 Å². The van der Waals surface area contributed by atoms with Crippen LogP contribution in [0.5, 0.6) is 0 Å². The minimum absolute atomic E-state index is 0.591. The summed E-state index contributed by atoms with van der Waals surface area (Å²) in [6.45, 7) is 0. The molecule has 3 rings (SSSR count). The molecule has 0 aromatic heterocycles. The molecule has 104 valence electrons. The molecule has 1 amide bonds. The van der Waals surface area contributed by atoms with Crippen LogP contribution in [0.1, 0.15) is 11.1 Å². The highest BCUT2D eigenvalue weighted by Gasteiger charge is 2.45. The van der Waals surface area contributed by atoms with Crippen molar-refractivity contribution in [3.05, 3.63) is 59.7 Å². The van der Waals surface area contributed by atoms with Gasteiger partial charge in [-0.3, -0.25) is 4.79 Å². The molecule has 21 heavy (non-hydrogen) atoms. The van der Waals surface area contributed by atoms with Gasteiger partial charge in [-0.05, 0) is 11.1 Å². The van der Waals surface area contributed by atoms with Gasteiger partial charge in [0.2, 0.25) is 0 Å². The second-order valence-corrected chi connectivity index (χ2v) is 5.84. The highest BCUT2D eigenvalue weighted by atomic mass is 35.5. The molecule has 2 aromatic rings. The molecule has 0 heterocycles. The van der Waals surface area contributed by atoms with Crippen LogP contribution in [0.3, 0.4) is 0 Å². The largest absolute Gasteiger partial charge is 0.328 e. The predicted molar refractivity (Wildman–Crippen MR) is 81.9 cm³/mol. The van der Waals surface area contributed by atoms with Gasteiger partial charge in [0.15, 0.2) is 10.4 Å².